The first-order valence-electron chi connectivity index (χ1n) is 9.24. The zero-order valence-electron chi connectivity index (χ0n) is 15.8. The van der Waals surface area contributed by atoms with Gasteiger partial charge in [0.25, 0.3) is 0 Å². The molecule has 1 aromatic heterocycles. The highest BCUT2D eigenvalue weighted by molar-refractivity contribution is 7.89. The molecule has 0 saturated carbocycles. The summed E-state index contributed by atoms with van der Waals surface area (Å²) in [6.07, 6.45) is 0.968. The van der Waals surface area contributed by atoms with Gasteiger partial charge in [0.15, 0.2) is 0 Å². The van der Waals surface area contributed by atoms with Crippen LogP contribution in [0.5, 0.6) is 0 Å². The summed E-state index contributed by atoms with van der Waals surface area (Å²) in [7, 11) is -2.45. The fourth-order valence-electron chi connectivity index (χ4n) is 3.58. The van der Waals surface area contributed by atoms with Gasteiger partial charge in [-0.15, -0.1) is 11.3 Å². The van der Waals surface area contributed by atoms with Gasteiger partial charge in [0.1, 0.15) is 21.8 Å². The molecule has 152 valence electrons. The van der Waals surface area contributed by atoms with Crippen LogP contribution in [0.1, 0.15) is 17.8 Å². The van der Waals surface area contributed by atoms with Gasteiger partial charge in [-0.05, 0) is 37.1 Å². The third-order valence-electron chi connectivity index (χ3n) is 5.00. The van der Waals surface area contributed by atoms with Crippen molar-refractivity contribution in [3.63, 3.8) is 0 Å². The molecule has 0 spiro atoms. The van der Waals surface area contributed by atoms with Crippen LogP contribution < -0.4 is 0 Å². The summed E-state index contributed by atoms with van der Waals surface area (Å²) in [5.74, 6) is -1.12. The lowest BCUT2D eigenvalue weighted by Crippen LogP contribution is -2.46. The van der Waals surface area contributed by atoms with Gasteiger partial charge < -0.3 is 4.90 Å². The molecule has 1 amide bonds. The van der Waals surface area contributed by atoms with E-state index < -0.39 is 26.8 Å². The summed E-state index contributed by atoms with van der Waals surface area (Å²) < 4.78 is 42.2. The van der Waals surface area contributed by atoms with Crippen LogP contribution in [0.15, 0.2) is 53.4 Å². The van der Waals surface area contributed by atoms with E-state index in [4.69, 9.17) is 0 Å². The number of aromatic nitrogens is 1. The number of benzene rings is 2. The van der Waals surface area contributed by atoms with Gasteiger partial charge in [0.05, 0.1) is 16.8 Å². The number of thiazole rings is 1. The Balaban J connectivity index is 1.54. The number of hydrogen-bond donors (Lipinski definition) is 0. The molecule has 9 heteroatoms. The molecule has 29 heavy (non-hydrogen) atoms. The topological polar surface area (TPSA) is 70.6 Å². The number of halogens is 1. The number of hydrogen-bond acceptors (Lipinski definition) is 5. The van der Waals surface area contributed by atoms with E-state index in [0.29, 0.717) is 19.4 Å². The highest BCUT2D eigenvalue weighted by Gasteiger charge is 2.41. The summed E-state index contributed by atoms with van der Waals surface area (Å²) in [5.41, 5.74) is 0.873. The van der Waals surface area contributed by atoms with E-state index in [-0.39, 0.29) is 12.5 Å². The number of sulfonamides is 1. The first-order chi connectivity index (χ1) is 13.9. The van der Waals surface area contributed by atoms with Crippen molar-refractivity contribution in [2.75, 3.05) is 13.6 Å². The molecule has 0 aliphatic carbocycles. The third-order valence-corrected chi connectivity index (χ3v) is 7.96. The minimum absolute atomic E-state index is 0.196. The second kappa shape index (κ2) is 7.81. The molecular weight excluding hydrogens is 413 g/mol. The molecule has 1 atom stereocenters. The average Bonchev–Trinajstić information content (AvgIpc) is 3.34. The Hall–Kier alpha value is -2.36. The molecule has 2 aromatic carbocycles. The van der Waals surface area contributed by atoms with Crippen molar-refractivity contribution in [2.24, 2.45) is 0 Å². The first kappa shape index (κ1) is 19.9. The van der Waals surface area contributed by atoms with E-state index in [1.165, 1.54) is 34.4 Å². The summed E-state index contributed by atoms with van der Waals surface area (Å²) in [6.45, 7) is 0.490. The molecule has 1 fully saturated rings. The van der Waals surface area contributed by atoms with Crippen LogP contribution in [0.25, 0.3) is 10.2 Å². The van der Waals surface area contributed by atoms with Crippen molar-refractivity contribution in [1.82, 2.24) is 14.2 Å². The Morgan fingerprint density at radius 2 is 1.97 bits per heavy atom. The molecule has 0 radical (unpaired) electrons. The van der Waals surface area contributed by atoms with E-state index >= 15 is 0 Å². The first-order valence-corrected chi connectivity index (χ1v) is 11.5. The van der Waals surface area contributed by atoms with Gasteiger partial charge in [0.2, 0.25) is 15.9 Å². The lowest BCUT2D eigenvalue weighted by Gasteiger charge is -2.27. The van der Waals surface area contributed by atoms with E-state index in [2.05, 4.69) is 4.98 Å². The molecule has 1 saturated heterocycles. The maximum atomic E-state index is 14.1. The summed E-state index contributed by atoms with van der Waals surface area (Å²) in [5, 5.41) is 0.781. The van der Waals surface area contributed by atoms with Crippen LogP contribution in [0, 0.1) is 5.82 Å². The summed E-state index contributed by atoms with van der Waals surface area (Å²) in [6, 6.07) is 12.1. The lowest BCUT2D eigenvalue weighted by atomic mass is 10.2. The van der Waals surface area contributed by atoms with Gasteiger partial charge in [-0.1, -0.05) is 24.3 Å². The lowest BCUT2D eigenvalue weighted by molar-refractivity contribution is -0.133. The van der Waals surface area contributed by atoms with Crippen LogP contribution in [-0.2, 0) is 21.4 Å². The van der Waals surface area contributed by atoms with Crippen LogP contribution in [0.3, 0.4) is 0 Å². The van der Waals surface area contributed by atoms with Crippen molar-refractivity contribution in [3.05, 3.63) is 59.4 Å². The largest absolute Gasteiger partial charge is 0.338 e. The van der Waals surface area contributed by atoms with E-state index in [0.717, 1.165) is 25.6 Å². The molecular formula is C20H20FN3O3S2. The Kier molecular flexibility index (Phi) is 5.37. The molecule has 0 N–H and O–H groups in total. The monoisotopic (exact) mass is 433 g/mol. The third kappa shape index (κ3) is 3.77. The Morgan fingerprint density at radius 1 is 1.24 bits per heavy atom. The number of carbonyl (C=O) groups is 1. The molecule has 2 heterocycles. The van der Waals surface area contributed by atoms with Gasteiger partial charge in [-0.3, -0.25) is 4.79 Å². The summed E-state index contributed by atoms with van der Waals surface area (Å²) in [4.78, 5) is 18.7. The second-order valence-electron chi connectivity index (χ2n) is 6.97. The number of amides is 1. The number of para-hydroxylation sites is 1. The van der Waals surface area contributed by atoms with E-state index in [1.54, 1.807) is 7.05 Å². The number of nitrogens with zero attached hydrogens (tertiary/aromatic N) is 3. The van der Waals surface area contributed by atoms with Gasteiger partial charge in [-0.25, -0.2) is 17.8 Å². The normalized spacial score (nSPS) is 17.7. The Morgan fingerprint density at radius 3 is 2.72 bits per heavy atom. The fraction of sp³-hybridized carbons (Fsp3) is 0.300. The minimum atomic E-state index is -4.09. The predicted molar refractivity (Wildman–Crippen MR) is 109 cm³/mol. The molecule has 1 aliphatic rings. The number of fused-ring (bicyclic) bond motifs is 1. The smallest absolute Gasteiger partial charge is 0.246 e. The standard InChI is InChI=1S/C20H20FN3O3S2/c1-23(13-19-22-15-8-3-4-10-17(15)28-19)20(25)16-9-6-12-24(16)29(26,27)18-11-5-2-7-14(18)21/h2-5,7-8,10-11,16H,6,9,12-13H2,1H3. The van der Waals surface area contributed by atoms with Gasteiger partial charge in [0, 0.05) is 13.6 Å². The second-order valence-corrected chi connectivity index (χ2v) is 9.95. The molecule has 6 nitrogen and oxygen atoms in total. The number of likely N-dealkylation sites (N-methyl/N-ethyl adjacent to an activating group) is 1. The van der Waals surface area contributed by atoms with Crippen LogP contribution in [0.4, 0.5) is 4.39 Å². The highest BCUT2D eigenvalue weighted by Crippen LogP contribution is 2.29. The van der Waals surface area contributed by atoms with E-state index in [1.807, 2.05) is 24.3 Å². The maximum Gasteiger partial charge on any atom is 0.246 e. The van der Waals surface area contributed by atoms with Crippen molar-refractivity contribution in [3.8, 4) is 0 Å². The molecule has 3 aromatic rings. The molecule has 1 unspecified atom stereocenters. The highest BCUT2D eigenvalue weighted by atomic mass is 32.2. The van der Waals surface area contributed by atoms with Crippen LogP contribution in [0.2, 0.25) is 0 Å². The maximum absolute atomic E-state index is 14.1. The quantitative estimate of drug-likeness (QED) is 0.619. The van der Waals surface area contributed by atoms with Crippen molar-refractivity contribution in [1.29, 1.82) is 0 Å². The van der Waals surface area contributed by atoms with Crippen molar-refractivity contribution >= 4 is 37.5 Å². The zero-order valence-corrected chi connectivity index (χ0v) is 17.4. The predicted octanol–water partition coefficient (Wildman–Crippen LogP) is 3.25. The Bertz CT molecular complexity index is 1130. The zero-order chi connectivity index (χ0) is 20.6. The van der Waals surface area contributed by atoms with Crippen LogP contribution in [-0.4, -0.2) is 48.1 Å². The van der Waals surface area contributed by atoms with Crippen molar-refractivity contribution in [2.45, 2.75) is 30.3 Å². The molecule has 4 rings (SSSR count). The SMILES string of the molecule is CN(Cc1nc2ccccc2s1)C(=O)C1CCCN1S(=O)(=O)c1ccccc1F. The fourth-order valence-corrected chi connectivity index (χ4v) is 6.32. The molecule has 1 aliphatic heterocycles. The minimum Gasteiger partial charge on any atom is -0.338 e. The summed E-state index contributed by atoms with van der Waals surface area (Å²) >= 11 is 1.50. The van der Waals surface area contributed by atoms with E-state index in [9.17, 15) is 17.6 Å². The Labute approximate surface area is 172 Å². The van der Waals surface area contributed by atoms with Gasteiger partial charge >= 0.3 is 0 Å². The number of carbonyl (C=O) groups excluding carboxylic acids is 1. The van der Waals surface area contributed by atoms with Gasteiger partial charge in [-0.2, -0.15) is 4.31 Å². The van der Waals surface area contributed by atoms with Crippen molar-refractivity contribution < 1.29 is 17.6 Å². The van der Waals surface area contributed by atoms with Crippen LogP contribution >= 0.6 is 11.3 Å². The average molecular weight is 434 g/mol. The number of rotatable bonds is 5. The molecule has 0 bridgehead atoms.